The molecule has 2 aromatic rings. The molecule has 1 aliphatic carbocycles. The summed E-state index contributed by atoms with van der Waals surface area (Å²) in [6.07, 6.45) is 2.81. The van der Waals surface area contributed by atoms with Crippen molar-refractivity contribution in [2.45, 2.75) is 26.2 Å². The zero-order valence-corrected chi connectivity index (χ0v) is 15.9. The van der Waals surface area contributed by atoms with Crippen molar-refractivity contribution in [3.05, 3.63) is 45.8 Å². The summed E-state index contributed by atoms with van der Waals surface area (Å²) >= 11 is 6.64. The molecule has 0 spiro atoms. The average molecular weight is 390 g/mol. The summed E-state index contributed by atoms with van der Waals surface area (Å²) in [6.45, 7) is 1.75. The second-order valence-electron chi connectivity index (χ2n) is 5.98. The molecule has 1 aromatic heterocycles. The van der Waals surface area contributed by atoms with Crippen LogP contribution in [0.1, 0.15) is 32.8 Å². The van der Waals surface area contributed by atoms with Gasteiger partial charge in [-0.05, 0) is 55.6 Å². The molecule has 0 bridgehead atoms. The van der Waals surface area contributed by atoms with Crippen LogP contribution in [0.25, 0.3) is 0 Å². The first-order valence-electron chi connectivity index (χ1n) is 8.19. The van der Waals surface area contributed by atoms with Gasteiger partial charge >= 0.3 is 0 Å². The SMILES string of the molecule is Cc1ccccc1OCC(=O)NC(=S)Nc1sc2c(c1C(N)=O)CCC2. The monoisotopic (exact) mass is 389 g/mol. The van der Waals surface area contributed by atoms with E-state index in [0.29, 0.717) is 16.3 Å². The van der Waals surface area contributed by atoms with E-state index in [1.807, 2.05) is 25.1 Å². The lowest BCUT2D eigenvalue weighted by Crippen LogP contribution is -2.37. The number of carbonyl (C=O) groups excluding carboxylic acids is 2. The molecule has 136 valence electrons. The van der Waals surface area contributed by atoms with E-state index < -0.39 is 5.91 Å². The zero-order chi connectivity index (χ0) is 18.7. The van der Waals surface area contributed by atoms with Gasteiger partial charge in [0.25, 0.3) is 11.8 Å². The molecule has 4 N–H and O–H groups in total. The number of thiocarbonyl (C=S) groups is 1. The van der Waals surface area contributed by atoms with Gasteiger partial charge in [-0.1, -0.05) is 18.2 Å². The normalized spacial score (nSPS) is 12.3. The van der Waals surface area contributed by atoms with Crippen LogP contribution in [0.2, 0.25) is 0 Å². The molecule has 0 fully saturated rings. The minimum absolute atomic E-state index is 0.116. The predicted molar refractivity (Wildman–Crippen MR) is 106 cm³/mol. The van der Waals surface area contributed by atoms with Crippen LogP contribution in [0.3, 0.4) is 0 Å². The maximum atomic E-state index is 12.0. The van der Waals surface area contributed by atoms with E-state index >= 15 is 0 Å². The summed E-state index contributed by atoms with van der Waals surface area (Å²) in [5, 5.41) is 6.19. The number of amides is 2. The smallest absolute Gasteiger partial charge is 0.264 e. The molecule has 0 radical (unpaired) electrons. The van der Waals surface area contributed by atoms with Crippen LogP contribution >= 0.6 is 23.6 Å². The zero-order valence-electron chi connectivity index (χ0n) is 14.3. The molecule has 3 rings (SSSR count). The maximum absolute atomic E-state index is 12.0. The van der Waals surface area contributed by atoms with Crippen molar-refractivity contribution >= 4 is 45.5 Å². The first-order valence-corrected chi connectivity index (χ1v) is 9.41. The molecule has 0 atom stereocenters. The third-order valence-corrected chi connectivity index (χ3v) is 5.51. The van der Waals surface area contributed by atoms with Crippen molar-refractivity contribution in [2.75, 3.05) is 11.9 Å². The number of aryl methyl sites for hydroxylation is 2. The van der Waals surface area contributed by atoms with Gasteiger partial charge in [0.2, 0.25) is 0 Å². The Morgan fingerprint density at radius 2 is 2.08 bits per heavy atom. The van der Waals surface area contributed by atoms with Gasteiger partial charge in [0, 0.05) is 4.88 Å². The number of nitrogens with two attached hydrogens (primary N) is 1. The number of hydrogen-bond donors (Lipinski definition) is 3. The second-order valence-corrected chi connectivity index (χ2v) is 7.50. The fraction of sp³-hybridized carbons (Fsp3) is 0.278. The third kappa shape index (κ3) is 4.03. The summed E-state index contributed by atoms with van der Waals surface area (Å²) in [4.78, 5) is 25.0. The quantitative estimate of drug-likeness (QED) is 0.684. The number of benzene rings is 1. The number of nitrogens with one attached hydrogen (secondary N) is 2. The minimum Gasteiger partial charge on any atom is -0.483 e. The summed E-state index contributed by atoms with van der Waals surface area (Å²) in [6, 6.07) is 7.44. The Labute approximate surface area is 160 Å². The van der Waals surface area contributed by atoms with E-state index in [9.17, 15) is 9.59 Å². The number of para-hydroxylation sites is 1. The van der Waals surface area contributed by atoms with E-state index in [1.54, 1.807) is 6.07 Å². The topological polar surface area (TPSA) is 93.4 Å². The highest BCUT2D eigenvalue weighted by atomic mass is 32.1. The lowest BCUT2D eigenvalue weighted by Gasteiger charge is -2.11. The third-order valence-electron chi connectivity index (χ3n) is 4.10. The summed E-state index contributed by atoms with van der Waals surface area (Å²) in [7, 11) is 0. The fourth-order valence-electron chi connectivity index (χ4n) is 2.91. The van der Waals surface area contributed by atoms with Crippen LogP contribution in [0.5, 0.6) is 5.75 Å². The van der Waals surface area contributed by atoms with Gasteiger partial charge in [-0.2, -0.15) is 0 Å². The average Bonchev–Trinajstić information content (AvgIpc) is 3.14. The van der Waals surface area contributed by atoms with Gasteiger partial charge in [0.15, 0.2) is 11.7 Å². The summed E-state index contributed by atoms with van der Waals surface area (Å²) in [5.74, 6) is -0.216. The number of primary amides is 1. The van der Waals surface area contributed by atoms with Crippen molar-refractivity contribution in [1.29, 1.82) is 0 Å². The highest BCUT2D eigenvalue weighted by Crippen LogP contribution is 2.38. The first kappa shape index (κ1) is 18.3. The fourth-order valence-corrected chi connectivity index (χ4v) is 4.49. The number of hydrogen-bond acceptors (Lipinski definition) is 5. The molecular formula is C18H19N3O3S2. The Bertz CT molecular complexity index is 877. The van der Waals surface area contributed by atoms with Crippen LogP contribution in [0, 0.1) is 6.92 Å². The molecule has 6 nitrogen and oxygen atoms in total. The number of thiophene rings is 1. The molecule has 26 heavy (non-hydrogen) atoms. The van der Waals surface area contributed by atoms with Crippen LogP contribution < -0.4 is 21.1 Å². The van der Waals surface area contributed by atoms with E-state index in [-0.39, 0.29) is 17.6 Å². The van der Waals surface area contributed by atoms with Gasteiger partial charge < -0.3 is 15.8 Å². The Hall–Kier alpha value is -2.45. The van der Waals surface area contributed by atoms with E-state index in [0.717, 1.165) is 35.3 Å². The van der Waals surface area contributed by atoms with Gasteiger partial charge in [-0.15, -0.1) is 11.3 Å². The van der Waals surface area contributed by atoms with Crippen molar-refractivity contribution in [3.8, 4) is 5.75 Å². The predicted octanol–water partition coefficient (Wildman–Crippen LogP) is 2.54. The molecule has 1 heterocycles. The molecule has 8 heteroatoms. The summed E-state index contributed by atoms with van der Waals surface area (Å²) in [5.41, 5.74) is 7.94. The Balaban J connectivity index is 1.58. The van der Waals surface area contributed by atoms with Crippen molar-refractivity contribution in [3.63, 3.8) is 0 Å². The number of carbonyl (C=O) groups is 2. The summed E-state index contributed by atoms with van der Waals surface area (Å²) < 4.78 is 5.49. The Kier molecular flexibility index (Phi) is 5.53. The highest BCUT2D eigenvalue weighted by Gasteiger charge is 2.25. The number of anilines is 1. The van der Waals surface area contributed by atoms with E-state index in [4.69, 9.17) is 22.7 Å². The molecule has 0 saturated heterocycles. The largest absolute Gasteiger partial charge is 0.483 e. The van der Waals surface area contributed by atoms with Crippen LogP contribution in [-0.4, -0.2) is 23.5 Å². The van der Waals surface area contributed by atoms with Gasteiger partial charge in [0.1, 0.15) is 10.8 Å². The number of fused-ring (bicyclic) bond motifs is 1. The van der Waals surface area contributed by atoms with Gasteiger partial charge in [-0.25, -0.2) is 0 Å². The molecule has 0 unspecified atom stereocenters. The molecule has 1 aliphatic rings. The van der Waals surface area contributed by atoms with Crippen LogP contribution in [0.15, 0.2) is 24.3 Å². The molecule has 0 saturated carbocycles. The van der Waals surface area contributed by atoms with Gasteiger partial charge in [-0.3, -0.25) is 14.9 Å². The van der Waals surface area contributed by atoms with Crippen LogP contribution in [0.4, 0.5) is 5.00 Å². The van der Waals surface area contributed by atoms with E-state index in [2.05, 4.69) is 10.6 Å². The Morgan fingerprint density at radius 1 is 1.31 bits per heavy atom. The minimum atomic E-state index is -0.482. The maximum Gasteiger partial charge on any atom is 0.264 e. The lowest BCUT2D eigenvalue weighted by atomic mass is 10.1. The second kappa shape index (κ2) is 7.84. The lowest BCUT2D eigenvalue weighted by molar-refractivity contribution is -0.121. The van der Waals surface area contributed by atoms with Crippen LogP contribution in [-0.2, 0) is 17.6 Å². The Morgan fingerprint density at radius 3 is 2.81 bits per heavy atom. The molecular weight excluding hydrogens is 370 g/mol. The molecule has 1 aromatic carbocycles. The highest BCUT2D eigenvalue weighted by molar-refractivity contribution is 7.80. The molecule has 0 aliphatic heterocycles. The van der Waals surface area contributed by atoms with Crippen molar-refractivity contribution in [2.24, 2.45) is 5.73 Å². The van der Waals surface area contributed by atoms with Gasteiger partial charge in [0.05, 0.1) is 5.56 Å². The van der Waals surface area contributed by atoms with Crippen molar-refractivity contribution in [1.82, 2.24) is 5.32 Å². The number of rotatable bonds is 5. The molecule has 2 amide bonds. The van der Waals surface area contributed by atoms with E-state index in [1.165, 1.54) is 11.3 Å². The standard InChI is InChI=1S/C18H19N3O3S2/c1-10-5-2-3-7-12(10)24-9-14(22)20-18(25)21-17-15(16(19)23)11-6-4-8-13(11)26-17/h2-3,5,7H,4,6,8-9H2,1H3,(H2,19,23)(H2,20,21,22,25). The number of ether oxygens (including phenoxy) is 1. The first-order chi connectivity index (χ1) is 12.5. The van der Waals surface area contributed by atoms with Crippen molar-refractivity contribution < 1.29 is 14.3 Å².